The smallest absolute Gasteiger partial charge is 0.257 e. The van der Waals surface area contributed by atoms with Gasteiger partial charge in [-0.25, -0.2) is 9.37 Å². The molecule has 1 heterocycles. The van der Waals surface area contributed by atoms with Crippen LogP contribution < -0.4 is 0 Å². The van der Waals surface area contributed by atoms with Crippen LogP contribution in [0, 0.1) is 24.1 Å². The summed E-state index contributed by atoms with van der Waals surface area (Å²) < 4.78 is 13.1. The molecular weight excluding hydrogens is 255 g/mol. The van der Waals surface area contributed by atoms with Gasteiger partial charge in [-0.1, -0.05) is 17.5 Å². The van der Waals surface area contributed by atoms with E-state index in [2.05, 4.69) is 10.9 Å². The average Bonchev–Trinajstić information content (AvgIpc) is 3.15. The van der Waals surface area contributed by atoms with Gasteiger partial charge in [0.1, 0.15) is 11.0 Å². The van der Waals surface area contributed by atoms with Crippen LogP contribution in [-0.2, 0) is 0 Å². The number of carbonyl (C=O) groups is 1. The number of amides is 1. The van der Waals surface area contributed by atoms with Gasteiger partial charge < -0.3 is 4.90 Å². The summed E-state index contributed by atoms with van der Waals surface area (Å²) in [5, 5.41) is -0.000724. The molecule has 1 aromatic heterocycles. The molecular formula is C13H12ClFN2O. The molecule has 2 rings (SSSR count). The highest BCUT2D eigenvalue weighted by molar-refractivity contribution is 6.32. The second-order valence-corrected chi connectivity index (χ2v) is 4.68. The lowest BCUT2D eigenvalue weighted by molar-refractivity contribution is 0.0769. The van der Waals surface area contributed by atoms with Gasteiger partial charge in [-0.2, -0.15) is 0 Å². The number of halogens is 2. The molecule has 1 amide bonds. The van der Waals surface area contributed by atoms with Crippen LogP contribution in [0.4, 0.5) is 4.39 Å². The number of hydrogen-bond acceptors (Lipinski definition) is 2. The molecule has 5 heteroatoms. The number of nitrogens with zero attached hydrogens (tertiary/aromatic N) is 2. The highest BCUT2D eigenvalue weighted by atomic mass is 35.5. The molecule has 0 N–H and O–H groups in total. The van der Waals surface area contributed by atoms with Gasteiger partial charge in [0.05, 0.1) is 18.3 Å². The number of rotatable bonds is 4. The summed E-state index contributed by atoms with van der Waals surface area (Å²) >= 11 is 5.81. The van der Waals surface area contributed by atoms with Crippen molar-refractivity contribution in [3.8, 4) is 12.3 Å². The molecule has 0 aromatic carbocycles. The number of aromatic nitrogens is 1. The molecule has 0 bridgehead atoms. The van der Waals surface area contributed by atoms with Crippen LogP contribution in [0.2, 0.25) is 5.15 Å². The third-order valence-electron chi connectivity index (χ3n) is 2.78. The van der Waals surface area contributed by atoms with E-state index in [9.17, 15) is 9.18 Å². The third-order valence-corrected chi connectivity index (χ3v) is 3.08. The van der Waals surface area contributed by atoms with Gasteiger partial charge in [0, 0.05) is 6.54 Å². The minimum atomic E-state index is -0.588. The van der Waals surface area contributed by atoms with E-state index in [4.69, 9.17) is 18.0 Å². The summed E-state index contributed by atoms with van der Waals surface area (Å²) in [7, 11) is 0. The topological polar surface area (TPSA) is 33.2 Å². The minimum absolute atomic E-state index is 0.000724. The van der Waals surface area contributed by atoms with Crippen LogP contribution in [0.1, 0.15) is 23.2 Å². The summed E-state index contributed by atoms with van der Waals surface area (Å²) in [5.74, 6) is 1.98. The standard InChI is InChI=1S/C13H12ClFN2O/c1-2-5-17(8-9-3-4-9)13(18)11-6-10(15)7-16-12(11)14/h1,6-7,9H,3-5,8H2. The molecule has 1 fully saturated rings. The van der Waals surface area contributed by atoms with Crippen molar-refractivity contribution in [2.45, 2.75) is 12.8 Å². The average molecular weight is 267 g/mol. The van der Waals surface area contributed by atoms with Crippen molar-refractivity contribution >= 4 is 17.5 Å². The van der Waals surface area contributed by atoms with Crippen LogP contribution in [0.15, 0.2) is 12.3 Å². The van der Waals surface area contributed by atoms with Gasteiger partial charge in [0.15, 0.2) is 0 Å². The Morgan fingerprint density at radius 1 is 1.67 bits per heavy atom. The largest absolute Gasteiger partial charge is 0.327 e. The van der Waals surface area contributed by atoms with Gasteiger partial charge in [0.2, 0.25) is 0 Å². The fourth-order valence-electron chi connectivity index (χ4n) is 1.68. The van der Waals surface area contributed by atoms with Gasteiger partial charge >= 0.3 is 0 Å². The maximum absolute atomic E-state index is 13.1. The number of terminal acetylenes is 1. The summed E-state index contributed by atoms with van der Waals surface area (Å²) in [6, 6.07) is 1.09. The lowest BCUT2D eigenvalue weighted by Gasteiger charge is -2.20. The molecule has 0 radical (unpaired) electrons. The Morgan fingerprint density at radius 2 is 2.39 bits per heavy atom. The zero-order valence-corrected chi connectivity index (χ0v) is 10.5. The molecule has 1 saturated carbocycles. The SMILES string of the molecule is C#CCN(CC1CC1)C(=O)c1cc(F)cnc1Cl. The van der Waals surface area contributed by atoms with Gasteiger partial charge in [-0.05, 0) is 24.8 Å². The fraction of sp³-hybridized carbons (Fsp3) is 0.385. The Balaban J connectivity index is 2.20. The van der Waals surface area contributed by atoms with E-state index in [1.54, 1.807) is 0 Å². The van der Waals surface area contributed by atoms with Gasteiger partial charge in [-0.3, -0.25) is 4.79 Å². The first kappa shape index (κ1) is 12.8. The number of pyridine rings is 1. The first-order valence-corrected chi connectivity index (χ1v) is 6.03. The Kier molecular flexibility index (Phi) is 3.83. The summed E-state index contributed by atoms with van der Waals surface area (Å²) in [6.07, 6.45) is 8.42. The van der Waals surface area contributed by atoms with Crippen LogP contribution >= 0.6 is 11.6 Å². The summed E-state index contributed by atoms with van der Waals surface area (Å²) in [4.78, 5) is 17.4. The van der Waals surface area contributed by atoms with Crippen molar-refractivity contribution in [3.05, 3.63) is 28.8 Å². The predicted molar refractivity (Wildman–Crippen MR) is 66.7 cm³/mol. The molecule has 0 saturated heterocycles. The van der Waals surface area contributed by atoms with E-state index in [-0.39, 0.29) is 23.2 Å². The van der Waals surface area contributed by atoms with E-state index >= 15 is 0 Å². The predicted octanol–water partition coefficient (Wildman–Crippen LogP) is 2.36. The third kappa shape index (κ3) is 2.99. The normalized spacial score (nSPS) is 14.1. The minimum Gasteiger partial charge on any atom is -0.327 e. The zero-order chi connectivity index (χ0) is 13.1. The lowest BCUT2D eigenvalue weighted by Crippen LogP contribution is -2.33. The number of hydrogen-bond donors (Lipinski definition) is 0. The van der Waals surface area contributed by atoms with Crippen LogP contribution in [0.5, 0.6) is 0 Å². The Morgan fingerprint density at radius 3 is 3.00 bits per heavy atom. The monoisotopic (exact) mass is 266 g/mol. The van der Waals surface area contributed by atoms with Crippen molar-refractivity contribution in [1.29, 1.82) is 0 Å². The molecule has 1 aliphatic carbocycles. The van der Waals surface area contributed by atoms with Crippen molar-refractivity contribution < 1.29 is 9.18 Å². The second kappa shape index (κ2) is 5.36. The lowest BCUT2D eigenvalue weighted by atomic mass is 10.2. The molecule has 1 aliphatic rings. The molecule has 94 valence electrons. The van der Waals surface area contributed by atoms with Crippen molar-refractivity contribution in [2.24, 2.45) is 5.92 Å². The maximum Gasteiger partial charge on any atom is 0.257 e. The van der Waals surface area contributed by atoms with E-state index in [0.29, 0.717) is 12.5 Å². The highest BCUT2D eigenvalue weighted by Gasteiger charge is 2.28. The van der Waals surface area contributed by atoms with E-state index < -0.39 is 5.82 Å². The molecule has 3 nitrogen and oxygen atoms in total. The van der Waals surface area contributed by atoms with Crippen molar-refractivity contribution in [1.82, 2.24) is 9.88 Å². The van der Waals surface area contributed by atoms with Gasteiger partial charge in [-0.15, -0.1) is 6.42 Å². The van der Waals surface area contributed by atoms with E-state index in [1.807, 2.05) is 0 Å². The van der Waals surface area contributed by atoms with Crippen molar-refractivity contribution in [2.75, 3.05) is 13.1 Å². The van der Waals surface area contributed by atoms with E-state index in [1.165, 1.54) is 4.90 Å². The molecule has 0 unspecified atom stereocenters. The second-order valence-electron chi connectivity index (χ2n) is 4.33. The zero-order valence-electron chi connectivity index (χ0n) is 9.70. The fourth-order valence-corrected chi connectivity index (χ4v) is 1.87. The van der Waals surface area contributed by atoms with Crippen molar-refractivity contribution in [3.63, 3.8) is 0 Å². The van der Waals surface area contributed by atoms with Crippen LogP contribution in [0.25, 0.3) is 0 Å². The Bertz CT molecular complexity index is 508. The summed E-state index contributed by atoms with van der Waals surface area (Å²) in [6.45, 7) is 0.790. The molecule has 0 aliphatic heterocycles. The van der Waals surface area contributed by atoms with Crippen LogP contribution in [0.3, 0.4) is 0 Å². The number of carbonyl (C=O) groups excluding carboxylic acids is 1. The summed E-state index contributed by atoms with van der Waals surface area (Å²) in [5.41, 5.74) is 0.0626. The first-order valence-electron chi connectivity index (χ1n) is 5.65. The van der Waals surface area contributed by atoms with Crippen LogP contribution in [-0.4, -0.2) is 28.9 Å². The maximum atomic E-state index is 13.1. The molecule has 0 atom stereocenters. The quantitative estimate of drug-likeness (QED) is 0.619. The highest BCUT2D eigenvalue weighted by Crippen LogP contribution is 2.30. The molecule has 0 spiro atoms. The Labute approximate surface area is 110 Å². The van der Waals surface area contributed by atoms with E-state index in [0.717, 1.165) is 25.1 Å². The first-order chi connectivity index (χ1) is 8.61. The Hall–Kier alpha value is -1.60. The molecule has 1 aromatic rings. The van der Waals surface area contributed by atoms with Gasteiger partial charge in [0.25, 0.3) is 5.91 Å². The molecule has 18 heavy (non-hydrogen) atoms.